The normalized spacial score (nSPS) is 30.9. The van der Waals surface area contributed by atoms with Crippen molar-refractivity contribution in [1.82, 2.24) is 5.32 Å². The maximum atomic E-state index is 12.2. The van der Waals surface area contributed by atoms with E-state index in [-0.39, 0.29) is 23.3 Å². The fourth-order valence-electron chi connectivity index (χ4n) is 2.46. The molecular formula is C15H30N2O. The molecule has 0 aromatic carbocycles. The Kier molecular flexibility index (Phi) is 5.20. The van der Waals surface area contributed by atoms with Crippen molar-refractivity contribution in [3.8, 4) is 0 Å². The van der Waals surface area contributed by atoms with Gasteiger partial charge in [-0.15, -0.1) is 0 Å². The average Bonchev–Trinajstić information content (AvgIpc) is 2.27. The Morgan fingerprint density at radius 3 is 2.56 bits per heavy atom. The second-order valence-electron chi connectivity index (χ2n) is 7.07. The van der Waals surface area contributed by atoms with E-state index >= 15 is 0 Å². The molecule has 18 heavy (non-hydrogen) atoms. The first-order valence-electron chi connectivity index (χ1n) is 7.26. The highest BCUT2D eigenvalue weighted by molar-refractivity contribution is 5.79. The van der Waals surface area contributed by atoms with Crippen LogP contribution in [0.2, 0.25) is 0 Å². The third-order valence-electron chi connectivity index (χ3n) is 4.76. The van der Waals surface area contributed by atoms with E-state index in [4.69, 9.17) is 5.73 Å². The van der Waals surface area contributed by atoms with Crippen LogP contribution in [-0.2, 0) is 4.79 Å². The van der Waals surface area contributed by atoms with Crippen molar-refractivity contribution in [3.05, 3.63) is 0 Å². The number of amides is 1. The minimum Gasteiger partial charge on any atom is -0.356 e. The van der Waals surface area contributed by atoms with Crippen molar-refractivity contribution >= 4 is 5.91 Å². The Morgan fingerprint density at radius 1 is 1.39 bits per heavy atom. The summed E-state index contributed by atoms with van der Waals surface area (Å²) in [7, 11) is 0. The molecule has 1 rings (SSSR count). The second kappa shape index (κ2) is 6.05. The van der Waals surface area contributed by atoms with Gasteiger partial charge in [0.2, 0.25) is 5.91 Å². The number of carbonyl (C=O) groups excluding carboxylic acids is 1. The van der Waals surface area contributed by atoms with Crippen LogP contribution in [0.3, 0.4) is 0 Å². The van der Waals surface area contributed by atoms with E-state index in [2.05, 4.69) is 39.9 Å². The first-order valence-corrected chi connectivity index (χ1v) is 7.26. The topological polar surface area (TPSA) is 55.1 Å². The van der Waals surface area contributed by atoms with Gasteiger partial charge in [-0.25, -0.2) is 0 Å². The van der Waals surface area contributed by atoms with E-state index in [1.807, 2.05) is 0 Å². The zero-order chi connectivity index (χ0) is 13.9. The monoisotopic (exact) mass is 254 g/mol. The van der Waals surface area contributed by atoms with Crippen LogP contribution in [0.4, 0.5) is 0 Å². The number of hydrogen-bond donors (Lipinski definition) is 2. The van der Waals surface area contributed by atoms with Crippen LogP contribution in [0.25, 0.3) is 0 Å². The van der Waals surface area contributed by atoms with Gasteiger partial charge in [0.05, 0.1) is 0 Å². The Labute approximate surface area is 112 Å². The predicted molar refractivity (Wildman–Crippen MR) is 76.1 cm³/mol. The van der Waals surface area contributed by atoms with Gasteiger partial charge in [0, 0.05) is 18.5 Å². The fraction of sp³-hybridized carbons (Fsp3) is 0.933. The SMILES string of the molecule is CC1C(N)CCCC1C(=O)NCC(C)C(C)(C)C. The standard InChI is InChI=1S/C15H30N2O/c1-10(15(3,4)5)9-17-14(18)12-7-6-8-13(16)11(12)2/h10-13H,6-9,16H2,1-5H3,(H,17,18). The molecule has 3 nitrogen and oxygen atoms in total. The molecule has 106 valence electrons. The van der Waals surface area contributed by atoms with Gasteiger partial charge in [-0.1, -0.05) is 41.0 Å². The van der Waals surface area contributed by atoms with Crippen molar-refractivity contribution in [2.24, 2.45) is 28.9 Å². The van der Waals surface area contributed by atoms with Crippen LogP contribution in [0.1, 0.15) is 53.9 Å². The van der Waals surface area contributed by atoms with Crippen LogP contribution in [-0.4, -0.2) is 18.5 Å². The van der Waals surface area contributed by atoms with Crippen LogP contribution < -0.4 is 11.1 Å². The summed E-state index contributed by atoms with van der Waals surface area (Å²) in [6.45, 7) is 11.7. The molecule has 4 unspecified atom stereocenters. The summed E-state index contributed by atoms with van der Waals surface area (Å²) >= 11 is 0. The maximum absolute atomic E-state index is 12.2. The van der Waals surface area contributed by atoms with Crippen molar-refractivity contribution in [1.29, 1.82) is 0 Å². The highest BCUT2D eigenvalue weighted by atomic mass is 16.1. The minimum atomic E-state index is 0.112. The van der Waals surface area contributed by atoms with Gasteiger partial charge in [0.1, 0.15) is 0 Å². The molecule has 3 heteroatoms. The Hall–Kier alpha value is -0.570. The molecule has 1 fully saturated rings. The predicted octanol–water partition coefficient (Wildman–Crippen LogP) is 2.55. The van der Waals surface area contributed by atoms with Gasteiger partial charge in [0.25, 0.3) is 0 Å². The Morgan fingerprint density at radius 2 is 2.00 bits per heavy atom. The number of rotatable bonds is 3. The van der Waals surface area contributed by atoms with Crippen LogP contribution in [0, 0.1) is 23.2 Å². The van der Waals surface area contributed by atoms with Gasteiger partial charge in [-0.05, 0) is 30.1 Å². The van der Waals surface area contributed by atoms with E-state index < -0.39 is 0 Å². The van der Waals surface area contributed by atoms with Crippen molar-refractivity contribution in [2.45, 2.75) is 59.9 Å². The molecular weight excluding hydrogens is 224 g/mol. The smallest absolute Gasteiger partial charge is 0.223 e. The lowest BCUT2D eigenvalue weighted by Gasteiger charge is -2.34. The summed E-state index contributed by atoms with van der Waals surface area (Å²) in [5.74, 6) is 1.10. The fourth-order valence-corrected chi connectivity index (χ4v) is 2.46. The Bertz CT molecular complexity index is 283. The zero-order valence-corrected chi connectivity index (χ0v) is 12.6. The first-order chi connectivity index (χ1) is 8.23. The zero-order valence-electron chi connectivity index (χ0n) is 12.6. The second-order valence-corrected chi connectivity index (χ2v) is 7.07. The molecule has 4 atom stereocenters. The maximum Gasteiger partial charge on any atom is 0.223 e. The molecule has 1 aliphatic rings. The van der Waals surface area contributed by atoms with E-state index in [1.165, 1.54) is 0 Å². The summed E-state index contributed by atoms with van der Waals surface area (Å²) in [6.07, 6.45) is 3.13. The molecule has 0 saturated heterocycles. The van der Waals surface area contributed by atoms with Gasteiger partial charge in [0.15, 0.2) is 0 Å². The summed E-state index contributed by atoms with van der Waals surface area (Å²) in [5.41, 5.74) is 6.29. The van der Waals surface area contributed by atoms with Gasteiger partial charge in [-0.2, -0.15) is 0 Å². The number of hydrogen-bond acceptors (Lipinski definition) is 2. The molecule has 0 radical (unpaired) electrons. The molecule has 0 aliphatic heterocycles. The molecule has 0 bridgehead atoms. The lowest BCUT2D eigenvalue weighted by atomic mass is 9.76. The van der Waals surface area contributed by atoms with Crippen LogP contribution >= 0.6 is 0 Å². The molecule has 1 amide bonds. The third kappa shape index (κ3) is 3.98. The van der Waals surface area contributed by atoms with Gasteiger partial charge >= 0.3 is 0 Å². The highest BCUT2D eigenvalue weighted by Crippen LogP contribution is 2.29. The average molecular weight is 254 g/mol. The summed E-state index contributed by atoms with van der Waals surface area (Å²) in [6, 6.07) is 0.189. The number of nitrogens with two attached hydrogens (primary N) is 1. The molecule has 0 heterocycles. The highest BCUT2D eigenvalue weighted by Gasteiger charge is 2.32. The van der Waals surface area contributed by atoms with E-state index in [0.29, 0.717) is 11.8 Å². The molecule has 1 saturated carbocycles. The summed E-state index contributed by atoms with van der Waals surface area (Å²) in [4.78, 5) is 12.2. The van der Waals surface area contributed by atoms with E-state index in [0.717, 1.165) is 25.8 Å². The van der Waals surface area contributed by atoms with E-state index in [9.17, 15) is 4.79 Å². The van der Waals surface area contributed by atoms with E-state index in [1.54, 1.807) is 0 Å². The quantitative estimate of drug-likeness (QED) is 0.813. The molecule has 1 aliphatic carbocycles. The molecule has 3 N–H and O–H groups in total. The molecule has 0 spiro atoms. The number of nitrogens with one attached hydrogen (secondary N) is 1. The third-order valence-corrected chi connectivity index (χ3v) is 4.76. The number of carbonyl (C=O) groups is 1. The van der Waals surface area contributed by atoms with Crippen LogP contribution in [0.5, 0.6) is 0 Å². The van der Waals surface area contributed by atoms with Gasteiger partial charge in [-0.3, -0.25) is 4.79 Å². The molecule has 0 aromatic rings. The molecule has 0 aromatic heterocycles. The van der Waals surface area contributed by atoms with Gasteiger partial charge < -0.3 is 11.1 Å². The van der Waals surface area contributed by atoms with Crippen molar-refractivity contribution in [2.75, 3.05) is 6.54 Å². The lowest BCUT2D eigenvalue weighted by Crippen LogP contribution is -2.45. The largest absolute Gasteiger partial charge is 0.356 e. The summed E-state index contributed by atoms with van der Waals surface area (Å²) in [5, 5.41) is 3.12. The lowest BCUT2D eigenvalue weighted by molar-refractivity contribution is -0.128. The van der Waals surface area contributed by atoms with Crippen LogP contribution in [0.15, 0.2) is 0 Å². The minimum absolute atomic E-state index is 0.112. The van der Waals surface area contributed by atoms with Crippen molar-refractivity contribution < 1.29 is 4.79 Å². The first kappa shape index (κ1) is 15.5. The van der Waals surface area contributed by atoms with Crippen molar-refractivity contribution in [3.63, 3.8) is 0 Å². The summed E-state index contributed by atoms with van der Waals surface area (Å²) < 4.78 is 0. The Balaban J connectivity index is 2.45.